The van der Waals surface area contributed by atoms with E-state index in [1.165, 1.54) is 11.3 Å². The first-order valence-electron chi connectivity index (χ1n) is 10.7. The minimum Gasteiger partial charge on any atom is -0.492 e. The van der Waals surface area contributed by atoms with E-state index < -0.39 is 6.03 Å². The van der Waals surface area contributed by atoms with Crippen LogP contribution >= 0.6 is 11.3 Å². The van der Waals surface area contributed by atoms with E-state index in [0.717, 1.165) is 55.3 Å². The quantitative estimate of drug-likeness (QED) is 0.450. The lowest BCUT2D eigenvalue weighted by Gasteiger charge is -2.18. The average Bonchev–Trinajstić information content (AvgIpc) is 3.41. The first-order valence-corrected chi connectivity index (χ1v) is 11.5. The van der Waals surface area contributed by atoms with Crippen molar-refractivity contribution in [2.45, 2.75) is 26.3 Å². The molecule has 31 heavy (non-hydrogen) atoms. The lowest BCUT2D eigenvalue weighted by Crippen LogP contribution is -2.36. The number of thiophene rings is 1. The van der Waals surface area contributed by atoms with E-state index in [4.69, 9.17) is 10.5 Å². The summed E-state index contributed by atoms with van der Waals surface area (Å²) in [6.45, 7) is 9.44. The topological polar surface area (TPSA) is 109 Å². The third-order valence-corrected chi connectivity index (χ3v) is 6.42. The summed E-state index contributed by atoms with van der Waals surface area (Å²) in [6.07, 6.45) is 0.886. The van der Waals surface area contributed by atoms with Crippen LogP contribution in [0.25, 0.3) is 10.4 Å². The van der Waals surface area contributed by atoms with Crippen LogP contribution in [0.4, 0.5) is 9.80 Å². The largest absolute Gasteiger partial charge is 0.492 e. The van der Waals surface area contributed by atoms with Crippen LogP contribution in [-0.2, 0) is 0 Å². The van der Waals surface area contributed by atoms with E-state index in [2.05, 4.69) is 34.7 Å². The van der Waals surface area contributed by atoms with Gasteiger partial charge in [0.15, 0.2) is 0 Å². The first-order chi connectivity index (χ1) is 15.0. The summed E-state index contributed by atoms with van der Waals surface area (Å²) < 4.78 is 5.84. The molecule has 168 valence electrons. The Kier molecular flexibility index (Phi) is 8.27. The van der Waals surface area contributed by atoms with Crippen molar-refractivity contribution in [1.29, 1.82) is 0 Å². The lowest BCUT2D eigenvalue weighted by molar-refractivity contribution is 0.0941. The highest BCUT2D eigenvalue weighted by Gasteiger charge is 2.22. The fourth-order valence-electron chi connectivity index (χ4n) is 3.50. The average molecular weight is 446 g/mol. The number of anilines is 1. The number of carbonyl (C=O) groups is 2. The van der Waals surface area contributed by atoms with Crippen molar-refractivity contribution < 1.29 is 14.3 Å². The van der Waals surface area contributed by atoms with Crippen molar-refractivity contribution in [2.24, 2.45) is 5.73 Å². The number of carbonyl (C=O) groups excluding carboxylic acids is 2. The Hall–Kier alpha value is -2.62. The number of nitrogens with zero attached hydrogens (tertiary/aromatic N) is 1. The number of benzene rings is 1. The van der Waals surface area contributed by atoms with Crippen LogP contribution < -0.4 is 26.4 Å². The molecule has 1 aliphatic heterocycles. The van der Waals surface area contributed by atoms with Crippen LogP contribution in [0.2, 0.25) is 0 Å². The van der Waals surface area contributed by atoms with Gasteiger partial charge in [-0.25, -0.2) is 4.79 Å². The van der Waals surface area contributed by atoms with Crippen molar-refractivity contribution in [3.8, 4) is 16.2 Å². The molecule has 5 N–H and O–H groups in total. The summed E-state index contributed by atoms with van der Waals surface area (Å²) in [5, 5.41) is 9.27. The van der Waals surface area contributed by atoms with Gasteiger partial charge in [0, 0.05) is 24.0 Å². The molecule has 1 unspecified atom stereocenters. The molecule has 9 heteroatoms. The molecule has 1 aromatic carbocycles. The standard InChI is InChI=1S/C22H31N5O3S/c1-3-27(4-2)11-12-30-17-7-5-15(6-8-17)19-13-18(21(31-19)26-22(23)29)20(28)25-16-9-10-24-14-16/h5-8,13,16,24H,3-4,9-12,14H2,1-2H3,(H,25,28)(H3,23,26,29). The minimum atomic E-state index is -0.693. The van der Waals surface area contributed by atoms with Crippen LogP contribution in [0.3, 0.4) is 0 Å². The number of hydrogen-bond acceptors (Lipinski definition) is 6. The summed E-state index contributed by atoms with van der Waals surface area (Å²) in [4.78, 5) is 27.4. The zero-order valence-corrected chi connectivity index (χ0v) is 18.9. The molecule has 1 saturated heterocycles. The molecule has 3 rings (SSSR count). The van der Waals surface area contributed by atoms with Crippen molar-refractivity contribution in [2.75, 3.05) is 44.6 Å². The number of hydrogen-bond donors (Lipinski definition) is 4. The van der Waals surface area contributed by atoms with Crippen LogP contribution in [0.5, 0.6) is 5.75 Å². The first kappa shape index (κ1) is 23.1. The molecule has 0 radical (unpaired) electrons. The minimum absolute atomic E-state index is 0.0880. The Labute approximate surface area is 187 Å². The molecule has 2 aromatic rings. The zero-order valence-electron chi connectivity index (χ0n) is 18.1. The van der Waals surface area contributed by atoms with Gasteiger partial charge in [0.25, 0.3) is 5.91 Å². The Bertz CT molecular complexity index is 874. The maximum absolute atomic E-state index is 12.8. The third kappa shape index (κ3) is 6.43. The van der Waals surface area contributed by atoms with Gasteiger partial charge in [-0.15, -0.1) is 11.3 Å². The number of likely N-dealkylation sites (N-methyl/N-ethyl adjacent to an activating group) is 1. The summed E-state index contributed by atoms with van der Waals surface area (Å²) in [5.74, 6) is 0.589. The highest BCUT2D eigenvalue weighted by molar-refractivity contribution is 7.20. The van der Waals surface area contributed by atoms with Crippen molar-refractivity contribution in [3.63, 3.8) is 0 Å². The van der Waals surface area contributed by atoms with Gasteiger partial charge in [-0.05, 0) is 62.0 Å². The summed E-state index contributed by atoms with van der Waals surface area (Å²) in [7, 11) is 0. The molecule has 0 aliphatic carbocycles. The Balaban J connectivity index is 1.70. The normalized spacial score (nSPS) is 15.8. The Morgan fingerprint density at radius 1 is 1.26 bits per heavy atom. The molecule has 0 spiro atoms. The van der Waals surface area contributed by atoms with E-state index in [-0.39, 0.29) is 11.9 Å². The van der Waals surface area contributed by atoms with E-state index in [9.17, 15) is 9.59 Å². The van der Waals surface area contributed by atoms with Gasteiger partial charge in [0.1, 0.15) is 17.4 Å². The lowest BCUT2D eigenvalue weighted by atomic mass is 10.1. The molecule has 0 bridgehead atoms. The number of amides is 3. The van der Waals surface area contributed by atoms with E-state index in [1.807, 2.05) is 24.3 Å². The monoisotopic (exact) mass is 445 g/mol. The molecule has 1 aromatic heterocycles. The summed E-state index contributed by atoms with van der Waals surface area (Å²) in [6, 6.07) is 8.94. The predicted octanol–water partition coefficient (Wildman–Crippen LogP) is 2.72. The van der Waals surface area contributed by atoms with Crippen molar-refractivity contribution >= 4 is 28.3 Å². The third-order valence-electron chi connectivity index (χ3n) is 5.32. The number of nitrogens with two attached hydrogens (primary N) is 1. The van der Waals surface area contributed by atoms with E-state index >= 15 is 0 Å². The maximum Gasteiger partial charge on any atom is 0.317 e. The number of nitrogens with one attached hydrogen (secondary N) is 3. The van der Waals surface area contributed by atoms with Gasteiger partial charge in [-0.1, -0.05) is 13.8 Å². The fraction of sp³-hybridized carbons (Fsp3) is 0.455. The Morgan fingerprint density at radius 3 is 2.61 bits per heavy atom. The molecule has 8 nitrogen and oxygen atoms in total. The van der Waals surface area contributed by atoms with Gasteiger partial charge < -0.3 is 26.0 Å². The molecule has 0 saturated carbocycles. The molecular formula is C22H31N5O3S. The van der Waals surface area contributed by atoms with Gasteiger partial charge in [-0.2, -0.15) is 0 Å². The second-order valence-corrected chi connectivity index (χ2v) is 8.46. The van der Waals surface area contributed by atoms with Gasteiger partial charge in [-0.3, -0.25) is 10.1 Å². The fourth-order valence-corrected chi connectivity index (χ4v) is 4.56. The van der Waals surface area contributed by atoms with Crippen LogP contribution in [0.15, 0.2) is 30.3 Å². The van der Waals surface area contributed by atoms with Crippen molar-refractivity contribution in [3.05, 3.63) is 35.9 Å². The zero-order chi connectivity index (χ0) is 22.2. The summed E-state index contributed by atoms with van der Waals surface area (Å²) >= 11 is 1.32. The predicted molar refractivity (Wildman–Crippen MR) is 125 cm³/mol. The number of primary amides is 1. The van der Waals surface area contributed by atoms with Gasteiger partial charge >= 0.3 is 6.03 Å². The number of rotatable bonds is 10. The summed E-state index contributed by atoms with van der Waals surface area (Å²) in [5.41, 5.74) is 6.67. The maximum atomic E-state index is 12.8. The van der Waals surface area contributed by atoms with Gasteiger partial charge in [0.05, 0.1) is 5.56 Å². The van der Waals surface area contributed by atoms with Crippen molar-refractivity contribution in [1.82, 2.24) is 15.5 Å². The second-order valence-electron chi connectivity index (χ2n) is 7.41. The van der Waals surface area contributed by atoms with E-state index in [1.54, 1.807) is 6.07 Å². The molecule has 2 heterocycles. The van der Waals surface area contributed by atoms with Crippen LogP contribution in [-0.4, -0.2) is 62.2 Å². The molecule has 3 amide bonds. The smallest absolute Gasteiger partial charge is 0.317 e. The molecule has 1 fully saturated rings. The Morgan fingerprint density at radius 2 is 2.00 bits per heavy atom. The molecule has 1 aliphatic rings. The second kappa shape index (κ2) is 11.1. The van der Waals surface area contributed by atoms with E-state index in [0.29, 0.717) is 17.2 Å². The molecule has 1 atom stereocenters. The SMILES string of the molecule is CCN(CC)CCOc1ccc(-c2cc(C(=O)NC3CCNC3)c(NC(N)=O)s2)cc1. The highest BCUT2D eigenvalue weighted by atomic mass is 32.1. The van der Waals surface area contributed by atoms with Crippen LogP contribution in [0.1, 0.15) is 30.6 Å². The van der Waals surface area contributed by atoms with Gasteiger partial charge in [0.2, 0.25) is 0 Å². The molecular weight excluding hydrogens is 414 g/mol. The van der Waals surface area contributed by atoms with Crippen LogP contribution in [0, 0.1) is 0 Å². The number of urea groups is 1. The number of ether oxygens (including phenoxy) is 1. The highest BCUT2D eigenvalue weighted by Crippen LogP contribution is 2.36.